The van der Waals surface area contributed by atoms with Crippen LogP contribution in [0.5, 0.6) is 0 Å². The van der Waals surface area contributed by atoms with Gasteiger partial charge in [-0.05, 0) is 47.5 Å². The zero-order valence-electron chi connectivity index (χ0n) is 15.8. The van der Waals surface area contributed by atoms with Gasteiger partial charge in [-0.15, -0.1) is 0 Å². The van der Waals surface area contributed by atoms with Crippen LogP contribution in [0.25, 0.3) is 22.4 Å². The summed E-state index contributed by atoms with van der Waals surface area (Å²) in [6.07, 6.45) is 4.74. The van der Waals surface area contributed by atoms with Gasteiger partial charge in [-0.2, -0.15) is 14.6 Å². The van der Waals surface area contributed by atoms with E-state index < -0.39 is 11.8 Å². The zero-order chi connectivity index (χ0) is 20.9. The fourth-order valence-corrected chi connectivity index (χ4v) is 3.10. The molecule has 0 N–H and O–H groups in total. The first kappa shape index (κ1) is 19.4. The van der Waals surface area contributed by atoms with Crippen LogP contribution >= 0.6 is 0 Å². The summed E-state index contributed by atoms with van der Waals surface area (Å²) in [6.45, 7) is 0. The lowest BCUT2D eigenvalue weighted by molar-refractivity contribution is -0.117. The lowest BCUT2D eigenvalue weighted by Gasteiger charge is -2.07. The number of benzene rings is 1. The summed E-state index contributed by atoms with van der Waals surface area (Å²) in [5, 5.41) is 7.85. The van der Waals surface area contributed by atoms with Crippen molar-refractivity contribution >= 4 is 5.78 Å². The molecular formula is C23H16F2N4O. The predicted molar refractivity (Wildman–Crippen MR) is 107 cm³/mol. The molecule has 0 fully saturated rings. The Bertz CT molecular complexity index is 1180. The van der Waals surface area contributed by atoms with Gasteiger partial charge < -0.3 is 0 Å². The van der Waals surface area contributed by atoms with Crippen molar-refractivity contribution in [3.05, 3.63) is 96.2 Å². The first-order valence-corrected chi connectivity index (χ1v) is 9.23. The van der Waals surface area contributed by atoms with Crippen molar-refractivity contribution < 1.29 is 13.6 Å². The van der Waals surface area contributed by atoms with Crippen molar-refractivity contribution in [3.8, 4) is 22.4 Å². The van der Waals surface area contributed by atoms with Crippen molar-refractivity contribution in [1.82, 2.24) is 20.2 Å². The van der Waals surface area contributed by atoms with Gasteiger partial charge in [-0.3, -0.25) is 9.78 Å². The number of hydrogen-bond donors (Lipinski definition) is 0. The Balaban J connectivity index is 1.42. The van der Waals surface area contributed by atoms with Crippen LogP contribution in [0, 0.1) is 11.8 Å². The molecular weight excluding hydrogens is 386 g/mol. The minimum absolute atomic E-state index is 0.0789. The Hall–Kier alpha value is -3.87. The smallest absolute Gasteiger partial charge is 0.213 e. The molecule has 0 spiro atoms. The summed E-state index contributed by atoms with van der Waals surface area (Å²) >= 11 is 0. The van der Waals surface area contributed by atoms with Crippen molar-refractivity contribution in [3.63, 3.8) is 0 Å². The maximum atomic E-state index is 14.5. The molecule has 1 aromatic carbocycles. The topological polar surface area (TPSA) is 68.6 Å². The normalized spacial score (nSPS) is 10.7. The van der Waals surface area contributed by atoms with E-state index in [1.54, 1.807) is 36.7 Å². The van der Waals surface area contributed by atoms with Crippen LogP contribution < -0.4 is 0 Å². The molecule has 0 aliphatic carbocycles. The monoisotopic (exact) mass is 402 g/mol. The highest BCUT2D eigenvalue weighted by atomic mass is 19.1. The van der Waals surface area contributed by atoms with Crippen molar-refractivity contribution in [2.24, 2.45) is 0 Å². The van der Waals surface area contributed by atoms with Gasteiger partial charge in [0.25, 0.3) is 0 Å². The Kier molecular flexibility index (Phi) is 5.61. The van der Waals surface area contributed by atoms with Crippen LogP contribution in [0.1, 0.15) is 11.3 Å². The van der Waals surface area contributed by atoms with Crippen molar-refractivity contribution in [2.75, 3.05) is 0 Å². The molecule has 0 aliphatic heterocycles. The summed E-state index contributed by atoms with van der Waals surface area (Å²) in [6, 6.07) is 14.4. The quantitative estimate of drug-likeness (QED) is 0.452. The van der Waals surface area contributed by atoms with E-state index in [-0.39, 0.29) is 24.2 Å². The van der Waals surface area contributed by atoms with Crippen LogP contribution in [0.15, 0.2) is 73.2 Å². The molecule has 148 valence electrons. The second-order valence-electron chi connectivity index (χ2n) is 6.72. The van der Waals surface area contributed by atoms with Gasteiger partial charge in [0.15, 0.2) is 0 Å². The third-order valence-electron chi connectivity index (χ3n) is 4.54. The van der Waals surface area contributed by atoms with E-state index >= 15 is 0 Å². The predicted octanol–water partition coefficient (Wildman–Crippen LogP) is 4.23. The third kappa shape index (κ3) is 4.57. The Labute approximate surface area is 171 Å². The molecule has 4 rings (SSSR count). The fourth-order valence-electron chi connectivity index (χ4n) is 3.10. The van der Waals surface area contributed by atoms with E-state index in [1.807, 2.05) is 12.1 Å². The first-order chi connectivity index (χ1) is 14.6. The number of carbonyl (C=O) groups is 1. The van der Waals surface area contributed by atoms with Crippen molar-refractivity contribution in [2.45, 2.75) is 12.8 Å². The molecule has 0 amide bonds. The summed E-state index contributed by atoms with van der Waals surface area (Å²) in [5.74, 6) is -1.28. The summed E-state index contributed by atoms with van der Waals surface area (Å²) < 4.78 is 27.7. The van der Waals surface area contributed by atoms with Gasteiger partial charge >= 0.3 is 0 Å². The number of rotatable bonds is 6. The Morgan fingerprint density at radius 1 is 0.867 bits per heavy atom. The van der Waals surface area contributed by atoms with Crippen LogP contribution in [-0.2, 0) is 17.6 Å². The molecule has 3 aromatic heterocycles. The van der Waals surface area contributed by atoms with E-state index in [2.05, 4.69) is 20.2 Å². The molecule has 5 nitrogen and oxygen atoms in total. The molecule has 0 atom stereocenters. The molecule has 0 saturated carbocycles. The molecule has 0 aliphatic rings. The number of ketones is 1. The fraction of sp³-hybridized carbons (Fsp3) is 0.0870. The molecule has 3 heterocycles. The van der Waals surface area contributed by atoms with Crippen molar-refractivity contribution in [1.29, 1.82) is 0 Å². The van der Waals surface area contributed by atoms with E-state index in [9.17, 15) is 13.6 Å². The minimum Gasteiger partial charge on any atom is -0.299 e. The maximum Gasteiger partial charge on any atom is 0.213 e. The van der Waals surface area contributed by atoms with Gasteiger partial charge in [-0.1, -0.05) is 12.1 Å². The van der Waals surface area contributed by atoms with Gasteiger partial charge in [0.1, 0.15) is 11.6 Å². The average molecular weight is 402 g/mol. The standard InChI is InChI=1S/C23H16F2N4O/c24-21-11-15(3-6-20(21)16-7-9-26-23(25)12-16)10-19(30)13-18-5-4-17(14-27-18)22-2-1-8-28-29-22/h1-9,11-12,14H,10,13H2. The molecule has 0 unspecified atom stereocenters. The molecule has 4 aromatic rings. The average Bonchev–Trinajstić information content (AvgIpc) is 2.75. The largest absolute Gasteiger partial charge is 0.299 e. The Morgan fingerprint density at radius 3 is 2.47 bits per heavy atom. The van der Waals surface area contributed by atoms with E-state index in [0.29, 0.717) is 22.5 Å². The van der Waals surface area contributed by atoms with Gasteiger partial charge in [0.05, 0.1) is 5.69 Å². The number of nitrogens with zero attached hydrogens (tertiary/aromatic N) is 4. The number of hydrogen-bond acceptors (Lipinski definition) is 5. The van der Waals surface area contributed by atoms with E-state index in [4.69, 9.17) is 0 Å². The number of Topliss-reactive ketones (excluding diaryl/α,β-unsaturated/α-hetero) is 1. The molecule has 7 heteroatoms. The second kappa shape index (κ2) is 8.65. The highest BCUT2D eigenvalue weighted by molar-refractivity contribution is 5.83. The third-order valence-corrected chi connectivity index (χ3v) is 4.54. The number of aromatic nitrogens is 4. The second-order valence-corrected chi connectivity index (χ2v) is 6.72. The number of carbonyl (C=O) groups excluding carboxylic acids is 1. The van der Waals surface area contributed by atoms with Crippen LogP contribution in [0.3, 0.4) is 0 Å². The molecule has 0 radical (unpaired) electrons. The lowest BCUT2D eigenvalue weighted by atomic mass is 10.0. The minimum atomic E-state index is -0.677. The molecule has 30 heavy (non-hydrogen) atoms. The summed E-state index contributed by atoms with van der Waals surface area (Å²) in [5.41, 5.74) is 3.33. The lowest BCUT2D eigenvalue weighted by Crippen LogP contribution is -2.08. The number of halogens is 2. The van der Waals surface area contributed by atoms with Crippen LogP contribution in [0.4, 0.5) is 8.78 Å². The molecule has 0 saturated heterocycles. The highest BCUT2D eigenvalue weighted by Crippen LogP contribution is 2.24. The zero-order valence-corrected chi connectivity index (χ0v) is 15.8. The van der Waals surface area contributed by atoms with Crippen LogP contribution in [0.2, 0.25) is 0 Å². The SMILES string of the molecule is O=C(Cc1ccc(-c2ccnc(F)c2)c(F)c1)Cc1ccc(-c2cccnn2)cn1. The van der Waals surface area contributed by atoms with Crippen LogP contribution in [-0.4, -0.2) is 25.9 Å². The Morgan fingerprint density at radius 2 is 1.77 bits per heavy atom. The van der Waals surface area contributed by atoms with E-state index in [0.717, 1.165) is 5.56 Å². The first-order valence-electron chi connectivity index (χ1n) is 9.23. The van der Waals surface area contributed by atoms with Gasteiger partial charge in [0.2, 0.25) is 5.95 Å². The number of pyridine rings is 2. The summed E-state index contributed by atoms with van der Waals surface area (Å²) in [4.78, 5) is 20.2. The van der Waals surface area contributed by atoms with Gasteiger partial charge in [0, 0.05) is 54.3 Å². The summed E-state index contributed by atoms with van der Waals surface area (Å²) in [7, 11) is 0. The van der Waals surface area contributed by atoms with Gasteiger partial charge in [-0.25, -0.2) is 9.37 Å². The maximum absolute atomic E-state index is 14.5. The van der Waals surface area contributed by atoms with E-state index in [1.165, 1.54) is 24.4 Å². The molecule has 0 bridgehead atoms. The highest BCUT2D eigenvalue weighted by Gasteiger charge is 2.11.